The van der Waals surface area contributed by atoms with Crippen LogP contribution in [0, 0.1) is 0 Å². The third kappa shape index (κ3) is 1.99. The minimum atomic E-state index is -0.801. The summed E-state index contributed by atoms with van der Waals surface area (Å²) in [5.74, 6) is 1.31. The predicted molar refractivity (Wildman–Crippen MR) is 25.2 cm³/mol. The van der Waals surface area contributed by atoms with E-state index in [1.54, 1.807) is 0 Å². The molecule has 0 saturated heterocycles. The summed E-state index contributed by atoms with van der Waals surface area (Å²) in [6.07, 6.45) is 0. The van der Waals surface area contributed by atoms with Gasteiger partial charge in [0.2, 0.25) is 0 Å². The van der Waals surface area contributed by atoms with Gasteiger partial charge in [0, 0.05) is 7.11 Å². The Morgan fingerprint density at radius 2 is 2.50 bits per heavy atom. The van der Waals surface area contributed by atoms with Crippen molar-refractivity contribution in [3.05, 3.63) is 12.6 Å². The van der Waals surface area contributed by atoms with E-state index in [2.05, 4.69) is 11.2 Å². The third-order valence-electron chi connectivity index (χ3n) is 0.443. The minimum Gasteiger partial charge on any atom is -0.423 e. The highest BCUT2D eigenvalue weighted by atomic mass is 16.5. The highest BCUT2D eigenvalue weighted by Gasteiger charge is 1.98. The normalized spacial score (nSPS) is 7.67. The van der Waals surface area contributed by atoms with E-state index in [0.29, 0.717) is 0 Å². The molecule has 0 atom stereocenters. The van der Waals surface area contributed by atoms with E-state index < -0.39 is 7.12 Å². The third-order valence-corrected chi connectivity index (χ3v) is 0.443. The van der Waals surface area contributed by atoms with Gasteiger partial charge in [-0.3, -0.25) is 0 Å². The van der Waals surface area contributed by atoms with Crippen LogP contribution in [0.2, 0.25) is 0 Å². The first kappa shape index (κ1) is 5.72. The Balaban J connectivity index is 2.96. The van der Waals surface area contributed by atoms with Gasteiger partial charge in [0.1, 0.15) is 0 Å². The molecule has 0 saturated carbocycles. The SMILES string of the molecule is C=CB(O)OC. The van der Waals surface area contributed by atoms with Gasteiger partial charge < -0.3 is 9.68 Å². The van der Waals surface area contributed by atoms with E-state index in [1.807, 2.05) is 0 Å². The van der Waals surface area contributed by atoms with E-state index in [-0.39, 0.29) is 0 Å². The Kier molecular flexibility index (Phi) is 2.80. The molecule has 0 bridgehead atoms. The molecular formula is C3H7BO2. The Labute approximate surface area is 37.6 Å². The van der Waals surface area contributed by atoms with Crippen molar-refractivity contribution in [1.29, 1.82) is 0 Å². The van der Waals surface area contributed by atoms with Crippen LogP contribution in [-0.4, -0.2) is 19.3 Å². The lowest BCUT2D eigenvalue weighted by atomic mass is 9.93. The second kappa shape index (κ2) is 2.94. The lowest BCUT2D eigenvalue weighted by Gasteiger charge is -1.89. The second-order valence-electron chi connectivity index (χ2n) is 0.862. The zero-order chi connectivity index (χ0) is 4.99. The van der Waals surface area contributed by atoms with Crippen LogP contribution in [0.1, 0.15) is 0 Å². The van der Waals surface area contributed by atoms with Crippen molar-refractivity contribution in [3.8, 4) is 0 Å². The molecule has 0 rings (SSSR count). The van der Waals surface area contributed by atoms with Crippen molar-refractivity contribution in [2.24, 2.45) is 0 Å². The van der Waals surface area contributed by atoms with Crippen LogP contribution in [-0.2, 0) is 4.65 Å². The van der Waals surface area contributed by atoms with Crippen LogP contribution in [0.3, 0.4) is 0 Å². The molecule has 0 radical (unpaired) electrons. The van der Waals surface area contributed by atoms with E-state index >= 15 is 0 Å². The van der Waals surface area contributed by atoms with Crippen LogP contribution in [0.4, 0.5) is 0 Å². The average Bonchev–Trinajstić information content (AvgIpc) is 1.65. The van der Waals surface area contributed by atoms with Gasteiger partial charge in [-0.2, -0.15) is 0 Å². The van der Waals surface area contributed by atoms with Crippen molar-refractivity contribution < 1.29 is 9.68 Å². The quantitative estimate of drug-likeness (QED) is 0.473. The molecule has 6 heavy (non-hydrogen) atoms. The van der Waals surface area contributed by atoms with E-state index in [4.69, 9.17) is 5.02 Å². The lowest BCUT2D eigenvalue weighted by molar-refractivity contribution is 0.340. The smallest absolute Gasteiger partial charge is 0.423 e. The Morgan fingerprint density at radius 3 is 2.50 bits per heavy atom. The first-order chi connectivity index (χ1) is 2.81. The summed E-state index contributed by atoms with van der Waals surface area (Å²) in [7, 11) is 0.608. The summed E-state index contributed by atoms with van der Waals surface area (Å²) in [5, 5.41) is 8.33. The monoisotopic (exact) mass is 86.1 g/mol. The molecule has 0 heterocycles. The van der Waals surface area contributed by atoms with Crippen molar-refractivity contribution in [1.82, 2.24) is 0 Å². The average molecular weight is 85.9 g/mol. The first-order valence-corrected chi connectivity index (χ1v) is 1.64. The van der Waals surface area contributed by atoms with Gasteiger partial charge in [-0.15, -0.1) is 6.58 Å². The first-order valence-electron chi connectivity index (χ1n) is 1.64. The van der Waals surface area contributed by atoms with Gasteiger partial charge in [0.25, 0.3) is 0 Å². The van der Waals surface area contributed by atoms with Crippen LogP contribution in [0.5, 0.6) is 0 Å². The molecule has 1 N–H and O–H groups in total. The zero-order valence-corrected chi connectivity index (χ0v) is 3.72. The maximum absolute atomic E-state index is 8.33. The molecule has 0 aliphatic carbocycles. The fourth-order valence-electron chi connectivity index (χ4n) is 0.0962. The Hall–Kier alpha value is -0.275. The van der Waals surface area contributed by atoms with Crippen LogP contribution in [0.15, 0.2) is 12.6 Å². The largest absolute Gasteiger partial charge is 0.482 e. The van der Waals surface area contributed by atoms with Crippen molar-refractivity contribution in [2.75, 3.05) is 7.11 Å². The summed E-state index contributed by atoms with van der Waals surface area (Å²) in [4.78, 5) is 0. The van der Waals surface area contributed by atoms with E-state index in [9.17, 15) is 0 Å². The molecule has 0 aliphatic rings. The molecule has 34 valence electrons. The fraction of sp³-hybridized carbons (Fsp3) is 0.333. The standard InChI is InChI=1S/C3H7BO2/c1-3-4(5)6-2/h3,5H,1H2,2H3. The molecule has 0 fully saturated rings. The molecule has 0 aromatic rings. The zero-order valence-electron chi connectivity index (χ0n) is 3.72. The fourth-order valence-corrected chi connectivity index (χ4v) is 0.0962. The second-order valence-corrected chi connectivity index (χ2v) is 0.862. The molecule has 0 aliphatic heterocycles. The summed E-state index contributed by atoms with van der Waals surface area (Å²) in [6, 6.07) is 0. The van der Waals surface area contributed by atoms with E-state index in [1.165, 1.54) is 13.1 Å². The topological polar surface area (TPSA) is 29.5 Å². The molecule has 0 aromatic carbocycles. The van der Waals surface area contributed by atoms with Gasteiger partial charge >= 0.3 is 7.12 Å². The molecule has 0 aromatic heterocycles. The predicted octanol–water partition coefficient (Wildman–Crippen LogP) is -0.161. The minimum absolute atomic E-state index is 0.801. The van der Waals surface area contributed by atoms with Crippen molar-refractivity contribution >= 4 is 7.12 Å². The van der Waals surface area contributed by atoms with Crippen molar-refractivity contribution in [2.45, 2.75) is 0 Å². The molecular weight excluding hydrogens is 78.8 g/mol. The van der Waals surface area contributed by atoms with E-state index in [0.717, 1.165) is 0 Å². The van der Waals surface area contributed by atoms with Crippen LogP contribution in [0.25, 0.3) is 0 Å². The highest BCUT2D eigenvalue weighted by molar-refractivity contribution is 6.48. The number of hydrogen-bond acceptors (Lipinski definition) is 2. The number of hydrogen-bond donors (Lipinski definition) is 1. The molecule has 3 heteroatoms. The maximum Gasteiger partial charge on any atom is 0.482 e. The Bertz CT molecular complexity index is 46.1. The van der Waals surface area contributed by atoms with Crippen LogP contribution < -0.4 is 0 Å². The number of rotatable bonds is 2. The molecule has 0 spiro atoms. The summed E-state index contributed by atoms with van der Waals surface area (Å²) in [6.45, 7) is 3.26. The maximum atomic E-state index is 8.33. The van der Waals surface area contributed by atoms with Crippen LogP contribution >= 0.6 is 0 Å². The Morgan fingerprint density at radius 1 is 2.00 bits per heavy atom. The van der Waals surface area contributed by atoms with Crippen molar-refractivity contribution in [3.63, 3.8) is 0 Å². The lowest BCUT2D eigenvalue weighted by Crippen LogP contribution is -2.09. The van der Waals surface area contributed by atoms with Gasteiger partial charge in [-0.1, -0.05) is 5.98 Å². The van der Waals surface area contributed by atoms with Gasteiger partial charge in [-0.05, 0) is 0 Å². The molecule has 2 nitrogen and oxygen atoms in total. The molecule has 0 unspecified atom stereocenters. The van der Waals surface area contributed by atoms with Gasteiger partial charge in [0.15, 0.2) is 0 Å². The van der Waals surface area contributed by atoms with Gasteiger partial charge in [0.05, 0.1) is 0 Å². The summed E-state index contributed by atoms with van der Waals surface area (Å²) in [5.41, 5.74) is 0. The highest BCUT2D eigenvalue weighted by Crippen LogP contribution is 1.72. The van der Waals surface area contributed by atoms with Gasteiger partial charge in [-0.25, -0.2) is 0 Å². The summed E-state index contributed by atoms with van der Waals surface area (Å²) < 4.78 is 4.34. The molecule has 0 amide bonds. The summed E-state index contributed by atoms with van der Waals surface area (Å²) >= 11 is 0.